The van der Waals surface area contributed by atoms with Gasteiger partial charge in [-0.25, -0.2) is 5.43 Å². The van der Waals surface area contributed by atoms with Crippen LogP contribution in [0.5, 0.6) is 17.2 Å². The van der Waals surface area contributed by atoms with Crippen LogP contribution in [0.25, 0.3) is 0 Å². The molecule has 28 heavy (non-hydrogen) atoms. The van der Waals surface area contributed by atoms with Gasteiger partial charge in [0.2, 0.25) is 5.75 Å². The molecule has 2 aromatic rings. The molecule has 0 radical (unpaired) electrons. The first-order valence-corrected chi connectivity index (χ1v) is 8.45. The van der Waals surface area contributed by atoms with Crippen LogP contribution in [0.15, 0.2) is 41.5 Å². The minimum atomic E-state index is -0.454. The van der Waals surface area contributed by atoms with Crippen molar-refractivity contribution in [1.29, 1.82) is 0 Å². The van der Waals surface area contributed by atoms with Gasteiger partial charge in [-0.1, -0.05) is 17.7 Å². The minimum Gasteiger partial charge on any atom is -0.493 e. The highest BCUT2D eigenvalue weighted by atomic mass is 16.5. The quantitative estimate of drug-likeness (QED) is 0.534. The Morgan fingerprint density at radius 2 is 1.71 bits per heavy atom. The standard InChI is InChI=1S/C20H23N3O5/c1-13-6-5-7-15(8-13)20(25)21-12-18(24)23-22-11-14-9-16(26-2)19(28-4)17(10-14)27-3/h5-11H,12H2,1-4H3,(H,21,25)(H,23,24)/b22-11-. The third-order valence-electron chi connectivity index (χ3n) is 3.78. The number of methoxy groups -OCH3 is 3. The van der Waals surface area contributed by atoms with Crippen molar-refractivity contribution >= 4 is 18.0 Å². The molecule has 0 heterocycles. The van der Waals surface area contributed by atoms with E-state index in [4.69, 9.17) is 14.2 Å². The number of nitrogens with one attached hydrogen (secondary N) is 2. The Hall–Kier alpha value is -3.55. The Kier molecular flexibility index (Phi) is 7.38. The first-order valence-electron chi connectivity index (χ1n) is 8.45. The second-order valence-electron chi connectivity index (χ2n) is 5.80. The molecular weight excluding hydrogens is 362 g/mol. The van der Waals surface area contributed by atoms with E-state index in [1.165, 1.54) is 27.5 Å². The van der Waals surface area contributed by atoms with Gasteiger partial charge in [-0.15, -0.1) is 0 Å². The molecule has 0 aliphatic heterocycles. The molecule has 0 aromatic heterocycles. The maximum Gasteiger partial charge on any atom is 0.259 e. The number of hydrogen-bond acceptors (Lipinski definition) is 6. The van der Waals surface area contributed by atoms with Crippen LogP contribution in [0, 0.1) is 6.92 Å². The Bertz CT molecular complexity index is 855. The van der Waals surface area contributed by atoms with Gasteiger partial charge < -0.3 is 19.5 Å². The van der Waals surface area contributed by atoms with Crippen LogP contribution in [0.1, 0.15) is 21.5 Å². The lowest BCUT2D eigenvalue weighted by Gasteiger charge is -2.12. The van der Waals surface area contributed by atoms with E-state index in [0.29, 0.717) is 28.4 Å². The fourth-order valence-corrected chi connectivity index (χ4v) is 2.44. The van der Waals surface area contributed by atoms with Gasteiger partial charge in [-0.3, -0.25) is 9.59 Å². The summed E-state index contributed by atoms with van der Waals surface area (Å²) in [5.74, 6) is 0.627. The Morgan fingerprint density at radius 1 is 1.04 bits per heavy atom. The van der Waals surface area contributed by atoms with E-state index in [-0.39, 0.29) is 12.5 Å². The van der Waals surface area contributed by atoms with E-state index in [1.807, 2.05) is 13.0 Å². The second-order valence-corrected chi connectivity index (χ2v) is 5.80. The maximum atomic E-state index is 12.0. The number of ether oxygens (including phenoxy) is 3. The van der Waals surface area contributed by atoms with Crippen LogP contribution in [0.2, 0.25) is 0 Å². The normalized spacial score (nSPS) is 10.4. The molecule has 0 spiro atoms. The molecule has 0 saturated heterocycles. The van der Waals surface area contributed by atoms with Crippen LogP contribution in [0.3, 0.4) is 0 Å². The molecule has 0 atom stereocenters. The van der Waals surface area contributed by atoms with Crippen LogP contribution in [-0.4, -0.2) is 45.9 Å². The summed E-state index contributed by atoms with van der Waals surface area (Å²) < 4.78 is 15.8. The van der Waals surface area contributed by atoms with Crippen molar-refractivity contribution in [3.05, 3.63) is 53.1 Å². The molecular formula is C20H23N3O5. The average Bonchev–Trinajstić information content (AvgIpc) is 2.71. The lowest BCUT2D eigenvalue weighted by atomic mass is 10.1. The van der Waals surface area contributed by atoms with Crippen LogP contribution in [0.4, 0.5) is 0 Å². The summed E-state index contributed by atoms with van der Waals surface area (Å²) >= 11 is 0. The Balaban J connectivity index is 1.93. The van der Waals surface area contributed by atoms with Gasteiger partial charge >= 0.3 is 0 Å². The summed E-state index contributed by atoms with van der Waals surface area (Å²) in [5, 5.41) is 6.43. The molecule has 0 aliphatic carbocycles. The zero-order valence-electron chi connectivity index (χ0n) is 16.2. The molecule has 2 rings (SSSR count). The van der Waals surface area contributed by atoms with Gasteiger partial charge in [0, 0.05) is 11.1 Å². The zero-order chi connectivity index (χ0) is 20.5. The molecule has 2 amide bonds. The molecule has 2 N–H and O–H groups in total. The Morgan fingerprint density at radius 3 is 2.29 bits per heavy atom. The lowest BCUT2D eigenvalue weighted by molar-refractivity contribution is -0.120. The van der Waals surface area contributed by atoms with Gasteiger partial charge in [0.25, 0.3) is 11.8 Å². The van der Waals surface area contributed by atoms with Crippen molar-refractivity contribution in [1.82, 2.24) is 10.7 Å². The highest BCUT2D eigenvalue weighted by Crippen LogP contribution is 2.37. The zero-order valence-corrected chi connectivity index (χ0v) is 16.2. The number of rotatable bonds is 8. The van der Waals surface area contributed by atoms with Crippen LogP contribution >= 0.6 is 0 Å². The summed E-state index contributed by atoms with van der Waals surface area (Å²) in [6, 6.07) is 10.5. The monoisotopic (exact) mass is 385 g/mol. The number of benzene rings is 2. The largest absolute Gasteiger partial charge is 0.493 e. The van der Waals surface area contributed by atoms with Crippen molar-refractivity contribution in [3.8, 4) is 17.2 Å². The predicted molar refractivity (Wildman–Crippen MR) is 105 cm³/mol. The second kappa shape index (κ2) is 9.96. The number of aryl methyl sites for hydroxylation is 1. The number of hydrogen-bond donors (Lipinski definition) is 2. The molecule has 0 bridgehead atoms. The van der Waals surface area contributed by atoms with E-state index >= 15 is 0 Å². The SMILES string of the molecule is COc1cc(/C=N\NC(=O)CNC(=O)c2cccc(C)c2)cc(OC)c1OC. The van der Waals surface area contributed by atoms with Crippen LogP contribution < -0.4 is 25.0 Å². The van der Waals surface area contributed by atoms with Gasteiger partial charge in [0.05, 0.1) is 34.1 Å². The summed E-state index contributed by atoms with van der Waals surface area (Å²) in [5.41, 5.74) is 4.45. The minimum absolute atomic E-state index is 0.195. The van der Waals surface area contributed by atoms with Crippen molar-refractivity contribution in [2.45, 2.75) is 6.92 Å². The molecule has 0 aliphatic rings. The topological polar surface area (TPSA) is 98.2 Å². The van der Waals surface area contributed by atoms with Gasteiger partial charge in [0.15, 0.2) is 11.5 Å². The highest BCUT2D eigenvalue weighted by molar-refractivity contribution is 5.96. The molecule has 8 nitrogen and oxygen atoms in total. The highest BCUT2D eigenvalue weighted by Gasteiger charge is 2.12. The molecule has 0 fully saturated rings. The molecule has 148 valence electrons. The first-order chi connectivity index (χ1) is 13.5. The van der Waals surface area contributed by atoms with E-state index in [1.54, 1.807) is 30.3 Å². The van der Waals surface area contributed by atoms with Gasteiger partial charge in [-0.2, -0.15) is 5.10 Å². The van der Waals surface area contributed by atoms with E-state index in [0.717, 1.165) is 5.56 Å². The maximum absolute atomic E-state index is 12.0. The fourth-order valence-electron chi connectivity index (χ4n) is 2.44. The number of amides is 2. The predicted octanol–water partition coefficient (Wildman–Crippen LogP) is 1.90. The number of nitrogens with zero attached hydrogens (tertiary/aromatic N) is 1. The molecule has 8 heteroatoms. The molecule has 2 aromatic carbocycles. The number of carbonyl (C=O) groups is 2. The van der Waals surface area contributed by atoms with Gasteiger partial charge in [0.1, 0.15) is 0 Å². The lowest BCUT2D eigenvalue weighted by Crippen LogP contribution is -2.34. The van der Waals surface area contributed by atoms with E-state index in [9.17, 15) is 9.59 Å². The summed E-state index contributed by atoms with van der Waals surface area (Å²) in [6.45, 7) is 1.70. The third kappa shape index (κ3) is 5.47. The first kappa shape index (κ1) is 20.8. The molecule has 0 saturated carbocycles. The number of hydrazone groups is 1. The number of carbonyl (C=O) groups excluding carboxylic acids is 2. The van der Waals surface area contributed by atoms with Crippen molar-refractivity contribution < 1.29 is 23.8 Å². The van der Waals surface area contributed by atoms with Crippen molar-refractivity contribution in [2.75, 3.05) is 27.9 Å². The average molecular weight is 385 g/mol. The summed E-state index contributed by atoms with van der Waals surface area (Å²) in [6.07, 6.45) is 1.44. The smallest absolute Gasteiger partial charge is 0.259 e. The van der Waals surface area contributed by atoms with Crippen molar-refractivity contribution in [3.63, 3.8) is 0 Å². The third-order valence-corrected chi connectivity index (χ3v) is 3.78. The summed E-state index contributed by atoms with van der Waals surface area (Å²) in [7, 11) is 4.53. The van der Waals surface area contributed by atoms with E-state index in [2.05, 4.69) is 15.8 Å². The summed E-state index contributed by atoms with van der Waals surface area (Å²) in [4.78, 5) is 23.9. The molecule has 0 unspecified atom stereocenters. The van der Waals surface area contributed by atoms with E-state index < -0.39 is 5.91 Å². The van der Waals surface area contributed by atoms with Gasteiger partial charge in [-0.05, 0) is 31.2 Å². The Labute approximate surface area is 163 Å². The fraction of sp³-hybridized carbons (Fsp3) is 0.250. The van der Waals surface area contributed by atoms with Crippen molar-refractivity contribution in [2.24, 2.45) is 5.10 Å². The van der Waals surface area contributed by atoms with Crippen LogP contribution in [-0.2, 0) is 4.79 Å².